The van der Waals surface area contributed by atoms with E-state index in [9.17, 15) is 18.0 Å². The van der Waals surface area contributed by atoms with E-state index in [-0.39, 0.29) is 22.2 Å². The Morgan fingerprint density at radius 2 is 2.00 bits per heavy atom. The number of anilines is 1. The molecule has 21 heavy (non-hydrogen) atoms. The van der Waals surface area contributed by atoms with Crippen LogP contribution in [0.3, 0.4) is 0 Å². The van der Waals surface area contributed by atoms with Crippen molar-refractivity contribution in [3.63, 3.8) is 0 Å². The Morgan fingerprint density at radius 1 is 1.38 bits per heavy atom. The van der Waals surface area contributed by atoms with E-state index in [1.807, 2.05) is 0 Å². The van der Waals surface area contributed by atoms with Gasteiger partial charge in [-0.25, -0.2) is 12.7 Å². The highest BCUT2D eigenvalue weighted by atomic mass is 32.2. The predicted octanol–water partition coefficient (Wildman–Crippen LogP) is 0.280. The summed E-state index contributed by atoms with van der Waals surface area (Å²) < 4.78 is 25.3. The van der Waals surface area contributed by atoms with E-state index in [1.54, 1.807) is 20.9 Å². The molecule has 1 aliphatic rings. The molecule has 0 aliphatic carbocycles. The average molecular weight is 311 g/mol. The first-order chi connectivity index (χ1) is 9.66. The van der Waals surface area contributed by atoms with Gasteiger partial charge in [-0.3, -0.25) is 9.59 Å². The van der Waals surface area contributed by atoms with Crippen LogP contribution >= 0.6 is 0 Å². The Balaban J connectivity index is 2.36. The lowest BCUT2D eigenvalue weighted by atomic mass is 10.2. The number of sulfonamides is 1. The van der Waals surface area contributed by atoms with Crippen LogP contribution in [-0.4, -0.2) is 49.1 Å². The van der Waals surface area contributed by atoms with Crippen molar-refractivity contribution in [2.75, 3.05) is 19.3 Å². The Morgan fingerprint density at radius 3 is 2.57 bits per heavy atom. The highest BCUT2D eigenvalue weighted by molar-refractivity contribution is 7.90. The van der Waals surface area contributed by atoms with Gasteiger partial charge in [0.15, 0.2) is 0 Å². The van der Waals surface area contributed by atoms with Crippen LogP contribution < -0.4 is 5.73 Å². The molecule has 7 nitrogen and oxygen atoms in total. The van der Waals surface area contributed by atoms with Gasteiger partial charge >= 0.3 is 0 Å². The Labute approximate surface area is 123 Å². The van der Waals surface area contributed by atoms with Crippen molar-refractivity contribution in [2.45, 2.75) is 24.8 Å². The van der Waals surface area contributed by atoms with Crippen LogP contribution in [0.1, 0.15) is 24.2 Å². The zero-order valence-electron chi connectivity index (χ0n) is 12.0. The second-order valence-electron chi connectivity index (χ2n) is 5.17. The maximum Gasteiger partial charge on any atom is 0.269 e. The molecular formula is C13H17N3O4S. The fourth-order valence-electron chi connectivity index (χ4n) is 1.97. The number of nitrogen functional groups attached to an aromatic ring is 1. The Kier molecular flexibility index (Phi) is 3.66. The number of carbonyl (C=O) groups excluding carboxylic acids is 2. The normalized spacial score (nSPS) is 16.2. The van der Waals surface area contributed by atoms with Gasteiger partial charge in [0.25, 0.3) is 15.9 Å². The second kappa shape index (κ2) is 5.03. The Bertz CT molecular complexity index is 712. The summed E-state index contributed by atoms with van der Waals surface area (Å²) in [6.07, 6.45) is 0. The van der Waals surface area contributed by atoms with Crippen molar-refractivity contribution in [3.05, 3.63) is 23.8 Å². The van der Waals surface area contributed by atoms with Crippen LogP contribution in [-0.2, 0) is 14.8 Å². The molecule has 0 fully saturated rings. The van der Waals surface area contributed by atoms with Crippen molar-refractivity contribution in [1.29, 1.82) is 0 Å². The summed E-state index contributed by atoms with van der Waals surface area (Å²) in [5.41, 5.74) is 5.86. The quantitative estimate of drug-likeness (QED) is 0.808. The van der Waals surface area contributed by atoms with Gasteiger partial charge in [0, 0.05) is 18.8 Å². The van der Waals surface area contributed by atoms with Crippen molar-refractivity contribution in [2.24, 2.45) is 0 Å². The second-order valence-corrected chi connectivity index (χ2v) is 7.00. The standard InChI is InChI=1S/C13H17N3O4S/c1-8(2)15(3)12(17)7-16-13(18)10-5-4-9(14)6-11(10)21(16,19)20/h4-6,8H,7,14H2,1-3H3. The Hall–Kier alpha value is -2.09. The maximum absolute atomic E-state index is 12.4. The van der Waals surface area contributed by atoms with Gasteiger partial charge in [-0.2, -0.15) is 0 Å². The smallest absolute Gasteiger partial charge is 0.269 e. The summed E-state index contributed by atoms with van der Waals surface area (Å²) in [4.78, 5) is 25.5. The van der Waals surface area contributed by atoms with Gasteiger partial charge in [-0.1, -0.05) is 0 Å². The number of nitrogens with two attached hydrogens (primary N) is 1. The molecule has 0 aromatic heterocycles. The predicted molar refractivity (Wildman–Crippen MR) is 77.0 cm³/mol. The molecule has 1 aromatic carbocycles. The largest absolute Gasteiger partial charge is 0.399 e. The lowest BCUT2D eigenvalue weighted by Gasteiger charge is -2.24. The van der Waals surface area contributed by atoms with Crippen molar-refractivity contribution in [3.8, 4) is 0 Å². The van der Waals surface area contributed by atoms with E-state index in [0.29, 0.717) is 4.31 Å². The molecule has 0 spiro atoms. The molecular weight excluding hydrogens is 294 g/mol. The summed E-state index contributed by atoms with van der Waals surface area (Å²) in [6, 6.07) is 3.97. The third-order valence-electron chi connectivity index (χ3n) is 3.48. The summed E-state index contributed by atoms with van der Waals surface area (Å²) in [7, 11) is -2.46. The van der Waals surface area contributed by atoms with Crippen LogP contribution in [0, 0.1) is 0 Å². The number of amides is 2. The van der Waals surface area contributed by atoms with E-state index >= 15 is 0 Å². The average Bonchev–Trinajstić information content (AvgIpc) is 2.58. The van der Waals surface area contributed by atoms with Crippen molar-refractivity contribution < 1.29 is 18.0 Å². The van der Waals surface area contributed by atoms with Crippen LogP contribution in [0.2, 0.25) is 0 Å². The lowest BCUT2D eigenvalue weighted by Crippen LogP contribution is -2.43. The van der Waals surface area contributed by atoms with Crippen molar-refractivity contribution >= 4 is 27.5 Å². The molecule has 1 heterocycles. The van der Waals surface area contributed by atoms with Gasteiger partial charge in [0.2, 0.25) is 5.91 Å². The molecule has 0 atom stereocenters. The number of hydrogen-bond donors (Lipinski definition) is 1. The molecule has 0 unspecified atom stereocenters. The van der Waals surface area contributed by atoms with Crippen LogP contribution in [0.4, 0.5) is 5.69 Å². The lowest BCUT2D eigenvalue weighted by molar-refractivity contribution is -0.131. The number of likely N-dealkylation sites (N-methyl/N-ethyl adjacent to an activating group) is 1. The third kappa shape index (κ3) is 2.46. The fraction of sp³-hybridized carbons (Fsp3) is 0.385. The van der Waals surface area contributed by atoms with Crippen LogP contribution in [0.15, 0.2) is 23.1 Å². The first-order valence-corrected chi connectivity index (χ1v) is 7.82. The van der Waals surface area contributed by atoms with Gasteiger partial charge in [0.05, 0.1) is 5.56 Å². The summed E-state index contributed by atoms with van der Waals surface area (Å²) >= 11 is 0. The summed E-state index contributed by atoms with van der Waals surface area (Å²) in [5, 5.41) is 0. The number of benzene rings is 1. The molecule has 0 radical (unpaired) electrons. The van der Waals surface area contributed by atoms with Gasteiger partial charge in [0.1, 0.15) is 11.4 Å². The van der Waals surface area contributed by atoms with Gasteiger partial charge in [-0.05, 0) is 32.0 Å². The first kappa shape index (κ1) is 15.3. The first-order valence-electron chi connectivity index (χ1n) is 6.38. The molecule has 2 N–H and O–H groups in total. The van der Waals surface area contributed by atoms with E-state index in [2.05, 4.69) is 0 Å². The number of nitrogens with zero attached hydrogens (tertiary/aromatic N) is 2. The van der Waals surface area contributed by atoms with E-state index in [1.165, 1.54) is 23.1 Å². The number of rotatable bonds is 3. The van der Waals surface area contributed by atoms with E-state index in [0.717, 1.165) is 0 Å². The minimum Gasteiger partial charge on any atom is -0.399 e. The number of fused-ring (bicyclic) bond motifs is 1. The van der Waals surface area contributed by atoms with Gasteiger partial charge in [-0.15, -0.1) is 0 Å². The third-order valence-corrected chi connectivity index (χ3v) is 5.25. The number of carbonyl (C=O) groups is 2. The zero-order valence-corrected chi connectivity index (χ0v) is 12.8. The fourth-order valence-corrected chi connectivity index (χ4v) is 3.52. The summed E-state index contributed by atoms with van der Waals surface area (Å²) in [6.45, 7) is 3.09. The van der Waals surface area contributed by atoms with Crippen LogP contribution in [0.5, 0.6) is 0 Å². The minimum atomic E-state index is -4.02. The molecule has 1 aliphatic heterocycles. The van der Waals surface area contributed by atoms with Gasteiger partial charge < -0.3 is 10.6 Å². The minimum absolute atomic E-state index is 0.0456. The van der Waals surface area contributed by atoms with E-state index in [4.69, 9.17) is 5.73 Å². The molecule has 8 heteroatoms. The van der Waals surface area contributed by atoms with E-state index < -0.39 is 28.4 Å². The highest BCUT2D eigenvalue weighted by Gasteiger charge is 2.42. The molecule has 0 saturated carbocycles. The molecule has 2 rings (SSSR count). The zero-order chi connectivity index (χ0) is 15.9. The SMILES string of the molecule is CC(C)N(C)C(=O)CN1C(=O)c2ccc(N)cc2S1(=O)=O. The molecule has 1 aromatic rings. The molecule has 114 valence electrons. The highest BCUT2D eigenvalue weighted by Crippen LogP contribution is 2.31. The molecule has 0 bridgehead atoms. The maximum atomic E-state index is 12.4. The molecule has 0 saturated heterocycles. The summed E-state index contributed by atoms with van der Waals surface area (Å²) in [5.74, 6) is -1.14. The van der Waals surface area contributed by atoms with Crippen LogP contribution in [0.25, 0.3) is 0 Å². The number of hydrogen-bond acceptors (Lipinski definition) is 5. The molecule has 2 amide bonds. The van der Waals surface area contributed by atoms with Crippen molar-refractivity contribution in [1.82, 2.24) is 9.21 Å². The topological polar surface area (TPSA) is 101 Å². The monoisotopic (exact) mass is 311 g/mol.